The maximum absolute atomic E-state index is 5.25. The molecule has 33 heavy (non-hydrogen) atoms. The molecule has 1 aliphatic heterocycles. The third-order valence-corrected chi connectivity index (χ3v) is 6.03. The van der Waals surface area contributed by atoms with Crippen LogP contribution in [0.25, 0.3) is 0 Å². The molecule has 1 fully saturated rings. The van der Waals surface area contributed by atoms with Gasteiger partial charge in [-0.2, -0.15) is 0 Å². The van der Waals surface area contributed by atoms with Crippen LogP contribution in [0.1, 0.15) is 43.9 Å². The molecule has 2 N–H and O–H groups in total. The molecule has 8 nitrogen and oxygen atoms in total. The Morgan fingerprint density at radius 3 is 2.61 bits per heavy atom. The van der Waals surface area contributed by atoms with Gasteiger partial charge in [0.15, 0.2) is 11.8 Å². The first-order valence-corrected chi connectivity index (χ1v) is 11.7. The molecule has 0 aliphatic carbocycles. The van der Waals surface area contributed by atoms with Crippen LogP contribution in [0, 0.1) is 12.8 Å². The van der Waals surface area contributed by atoms with Gasteiger partial charge in [-0.05, 0) is 56.3 Å². The second kappa shape index (κ2) is 13.7. The minimum absolute atomic E-state index is 0. The zero-order chi connectivity index (χ0) is 22.9. The number of aromatic nitrogens is 3. The van der Waals surface area contributed by atoms with Crippen LogP contribution in [-0.4, -0.2) is 65.0 Å². The molecule has 1 aliphatic rings. The van der Waals surface area contributed by atoms with E-state index in [0.717, 1.165) is 49.4 Å². The molecular formula is C24H40IN7O. The highest BCUT2D eigenvalue weighted by molar-refractivity contribution is 14.0. The number of halogens is 1. The number of hydrogen-bond donors (Lipinski definition) is 2. The number of methoxy groups -OCH3 is 1. The first kappa shape index (κ1) is 27.4. The number of nitrogens with zero attached hydrogens (tertiary/aromatic N) is 5. The summed E-state index contributed by atoms with van der Waals surface area (Å²) in [5.74, 6) is 4.15. The van der Waals surface area contributed by atoms with E-state index in [0.29, 0.717) is 18.5 Å². The smallest absolute Gasteiger partial charge is 0.191 e. The van der Waals surface area contributed by atoms with Crippen LogP contribution in [0.2, 0.25) is 0 Å². The van der Waals surface area contributed by atoms with Crippen molar-refractivity contribution in [2.24, 2.45) is 18.0 Å². The Hall–Kier alpha value is -1.88. The van der Waals surface area contributed by atoms with Crippen molar-refractivity contribution in [3.63, 3.8) is 0 Å². The van der Waals surface area contributed by atoms with Gasteiger partial charge in [-0.3, -0.25) is 4.90 Å². The summed E-state index contributed by atoms with van der Waals surface area (Å²) >= 11 is 0. The SMILES string of the molecule is COc1ccc(CCNC(=NCc2nnc(C)n2C)NC[C@H]2CCCN2CC(C)C)cc1.I. The number of aryl methyl sites for hydroxylation is 1. The number of nitrogens with one attached hydrogen (secondary N) is 2. The van der Waals surface area contributed by atoms with E-state index < -0.39 is 0 Å². The molecule has 1 aromatic carbocycles. The van der Waals surface area contributed by atoms with Gasteiger partial charge in [-0.1, -0.05) is 26.0 Å². The van der Waals surface area contributed by atoms with Crippen LogP contribution in [0.5, 0.6) is 5.75 Å². The number of ether oxygens (including phenoxy) is 1. The zero-order valence-electron chi connectivity index (χ0n) is 20.7. The van der Waals surface area contributed by atoms with Crippen LogP contribution >= 0.6 is 24.0 Å². The van der Waals surface area contributed by atoms with E-state index >= 15 is 0 Å². The van der Waals surface area contributed by atoms with Gasteiger partial charge in [-0.15, -0.1) is 34.2 Å². The van der Waals surface area contributed by atoms with E-state index in [2.05, 4.69) is 51.7 Å². The number of benzene rings is 1. The third kappa shape index (κ3) is 8.44. The summed E-state index contributed by atoms with van der Waals surface area (Å²) in [6.07, 6.45) is 3.42. The lowest BCUT2D eigenvalue weighted by atomic mass is 10.1. The molecule has 2 heterocycles. The fourth-order valence-electron chi connectivity index (χ4n) is 4.08. The van der Waals surface area contributed by atoms with E-state index in [1.54, 1.807) is 7.11 Å². The monoisotopic (exact) mass is 569 g/mol. The molecule has 3 rings (SSSR count). The molecule has 2 aromatic rings. The third-order valence-electron chi connectivity index (χ3n) is 6.03. The van der Waals surface area contributed by atoms with Gasteiger partial charge in [0, 0.05) is 32.7 Å². The lowest BCUT2D eigenvalue weighted by Gasteiger charge is -2.27. The predicted octanol–water partition coefficient (Wildman–Crippen LogP) is 3.15. The number of hydrogen-bond acceptors (Lipinski definition) is 5. The minimum atomic E-state index is 0. The van der Waals surface area contributed by atoms with Gasteiger partial charge in [0.2, 0.25) is 0 Å². The zero-order valence-corrected chi connectivity index (χ0v) is 23.0. The van der Waals surface area contributed by atoms with E-state index in [4.69, 9.17) is 9.73 Å². The normalized spacial score (nSPS) is 16.7. The molecule has 0 spiro atoms. The van der Waals surface area contributed by atoms with Gasteiger partial charge >= 0.3 is 0 Å². The van der Waals surface area contributed by atoms with Crippen molar-refractivity contribution in [2.45, 2.75) is 52.6 Å². The Morgan fingerprint density at radius 2 is 1.97 bits per heavy atom. The lowest BCUT2D eigenvalue weighted by molar-refractivity contribution is 0.226. The van der Waals surface area contributed by atoms with E-state index in [1.807, 2.05) is 30.7 Å². The molecule has 1 atom stereocenters. The fourth-order valence-corrected chi connectivity index (χ4v) is 4.08. The second-order valence-corrected chi connectivity index (χ2v) is 8.98. The summed E-state index contributed by atoms with van der Waals surface area (Å²) in [6, 6.07) is 8.78. The number of likely N-dealkylation sites (tertiary alicyclic amines) is 1. The topological polar surface area (TPSA) is 79.6 Å². The minimum Gasteiger partial charge on any atom is -0.497 e. The Morgan fingerprint density at radius 1 is 1.21 bits per heavy atom. The van der Waals surface area contributed by atoms with Crippen molar-refractivity contribution < 1.29 is 4.74 Å². The standard InChI is InChI=1S/C24H39N7O.HI/c1-18(2)17-31-14-6-7-21(31)15-26-24(27-16-23-29-28-19(3)30(23)4)25-13-12-20-8-10-22(32-5)11-9-20;/h8-11,18,21H,6-7,12-17H2,1-5H3,(H2,25,26,27);1H/t21-;/m1./s1. The average molecular weight is 570 g/mol. The predicted molar refractivity (Wildman–Crippen MR) is 144 cm³/mol. The Kier molecular flexibility index (Phi) is 11.4. The van der Waals surface area contributed by atoms with Gasteiger partial charge in [0.1, 0.15) is 18.1 Å². The summed E-state index contributed by atoms with van der Waals surface area (Å²) in [4.78, 5) is 7.42. The van der Waals surface area contributed by atoms with E-state index in [-0.39, 0.29) is 24.0 Å². The highest BCUT2D eigenvalue weighted by Crippen LogP contribution is 2.18. The molecule has 9 heteroatoms. The Labute approximate surface area is 215 Å². The van der Waals surface area contributed by atoms with Gasteiger partial charge in [-0.25, -0.2) is 4.99 Å². The highest BCUT2D eigenvalue weighted by Gasteiger charge is 2.24. The quantitative estimate of drug-likeness (QED) is 0.260. The van der Waals surface area contributed by atoms with Gasteiger partial charge in [0.05, 0.1) is 7.11 Å². The first-order chi connectivity index (χ1) is 15.5. The van der Waals surface area contributed by atoms with Crippen molar-refractivity contribution in [3.8, 4) is 5.75 Å². The molecule has 0 unspecified atom stereocenters. The summed E-state index contributed by atoms with van der Waals surface area (Å²) in [7, 11) is 3.67. The van der Waals surface area contributed by atoms with Crippen LogP contribution in [0.4, 0.5) is 0 Å². The van der Waals surface area contributed by atoms with Crippen molar-refractivity contribution in [2.75, 3.05) is 33.3 Å². The van der Waals surface area contributed by atoms with Crippen molar-refractivity contribution >= 4 is 29.9 Å². The average Bonchev–Trinajstić information content (AvgIpc) is 3.35. The highest BCUT2D eigenvalue weighted by atomic mass is 127. The second-order valence-electron chi connectivity index (χ2n) is 8.98. The van der Waals surface area contributed by atoms with Crippen molar-refractivity contribution in [1.29, 1.82) is 0 Å². The Balaban J connectivity index is 0.00000385. The number of aliphatic imine (C=N–C) groups is 1. The molecule has 0 amide bonds. The van der Waals surface area contributed by atoms with E-state index in [9.17, 15) is 0 Å². The molecule has 0 radical (unpaired) electrons. The van der Waals surface area contributed by atoms with Crippen LogP contribution < -0.4 is 15.4 Å². The first-order valence-electron chi connectivity index (χ1n) is 11.7. The molecule has 1 saturated heterocycles. The summed E-state index contributed by atoms with van der Waals surface area (Å²) in [6.45, 7) is 11.1. The molecule has 0 saturated carbocycles. The lowest BCUT2D eigenvalue weighted by Crippen LogP contribution is -2.46. The largest absolute Gasteiger partial charge is 0.497 e. The van der Waals surface area contributed by atoms with Crippen molar-refractivity contribution in [1.82, 2.24) is 30.3 Å². The summed E-state index contributed by atoms with van der Waals surface area (Å²) in [5.41, 5.74) is 1.26. The maximum Gasteiger partial charge on any atom is 0.191 e. The van der Waals surface area contributed by atoms with Crippen LogP contribution in [-0.2, 0) is 20.0 Å². The van der Waals surface area contributed by atoms with Crippen LogP contribution in [0.3, 0.4) is 0 Å². The van der Waals surface area contributed by atoms with Crippen LogP contribution in [0.15, 0.2) is 29.3 Å². The molecular weight excluding hydrogens is 529 g/mol. The molecule has 0 bridgehead atoms. The van der Waals surface area contributed by atoms with Gasteiger partial charge in [0.25, 0.3) is 0 Å². The number of guanidine groups is 1. The molecule has 1 aromatic heterocycles. The molecule has 184 valence electrons. The van der Waals surface area contributed by atoms with Crippen molar-refractivity contribution in [3.05, 3.63) is 41.5 Å². The summed E-state index contributed by atoms with van der Waals surface area (Å²) in [5, 5.41) is 15.5. The summed E-state index contributed by atoms with van der Waals surface area (Å²) < 4.78 is 7.23. The fraction of sp³-hybridized carbons (Fsp3) is 0.625. The Bertz CT molecular complexity index is 866. The maximum atomic E-state index is 5.25. The van der Waals surface area contributed by atoms with Gasteiger partial charge < -0.3 is 19.9 Å². The number of rotatable bonds is 10. The van der Waals surface area contributed by atoms with E-state index in [1.165, 1.54) is 24.9 Å².